The van der Waals surface area contributed by atoms with Crippen molar-refractivity contribution in [3.05, 3.63) is 0 Å². The lowest BCUT2D eigenvalue weighted by Crippen LogP contribution is -2.30. The standard InChI is InChI=1S/C14H25Cl2NO.ClH/c1-3-6-14(18,7-4-2)8-5-11-17(12-9-15)13-10-16;/h18H,3-4,6-7,9-13H2,1-2H3;1H. The van der Waals surface area contributed by atoms with Gasteiger partial charge >= 0.3 is 0 Å². The lowest BCUT2D eigenvalue weighted by Gasteiger charge is -2.21. The van der Waals surface area contributed by atoms with Crippen LogP contribution in [0.5, 0.6) is 0 Å². The molecule has 0 rings (SSSR count). The molecule has 0 aromatic carbocycles. The first-order chi connectivity index (χ1) is 8.61. The summed E-state index contributed by atoms with van der Waals surface area (Å²) in [6.45, 7) is 6.31. The number of rotatable bonds is 9. The Morgan fingerprint density at radius 1 is 1.05 bits per heavy atom. The van der Waals surface area contributed by atoms with Crippen LogP contribution in [0.2, 0.25) is 0 Å². The monoisotopic (exact) mass is 329 g/mol. The molecule has 0 spiro atoms. The summed E-state index contributed by atoms with van der Waals surface area (Å²) in [5.41, 5.74) is -0.822. The number of aliphatic hydroxyl groups is 1. The van der Waals surface area contributed by atoms with E-state index in [0.29, 0.717) is 18.3 Å². The van der Waals surface area contributed by atoms with Crippen LogP contribution < -0.4 is 0 Å². The molecule has 0 heterocycles. The van der Waals surface area contributed by atoms with Gasteiger partial charge in [0.05, 0.1) is 6.54 Å². The van der Waals surface area contributed by atoms with Gasteiger partial charge in [-0.1, -0.05) is 38.5 Å². The topological polar surface area (TPSA) is 23.5 Å². The molecule has 0 aliphatic carbocycles. The van der Waals surface area contributed by atoms with E-state index < -0.39 is 5.60 Å². The molecular weight excluding hydrogens is 305 g/mol. The van der Waals surface area contributed by atoms with E-state index in [1.165, 1.54) is 0 Å². The fourth-order valence-electron chi connectivity index (χ4n) is 1.90. The van der Waals surface area contributed by atoms with Gasteiger partial charge in [0.1, 0.15) is 5.60 Å². The highest BCUT2D eigenvalue weighted by atomic mass is 35.5. The van der Waals surface area contributed by atoms with Crippen molar-refractivity contribution in [1.82, 2.24) is 4.90 Å². The SMILES string of the molecule is CCCC(O)(C#CCN(CCCl)CCCl)CCC.Cl. The predicted molar refractivity (Wildman–Crippen MR) is 87.7 cm³/mol. The summed E-state index contributed by atoms with van der Waals surface area (Å²) in [4.78, 5) is 2.10. The van der Waals surface area contributed by atoms with E-state index >= 15 is 0 Å². The highest BCUT2D eigenvalue weighted by Gasteiger charge is 2.21. The molecule has 0 aliphatic heterocycles. The third kappa shape index (κ3) is 10.8. The molecule has 19 heavy (non-hydrogen) atoms. The zero-order chi connectivity index (χ0) is 13.9. The highest BCUT2D eigenvalue weighted by Crippen LogP contribution is 2.18. The first kappa shape index (κ1) is 21.6. The Kier molecular flexibility index (Phi) is 15.2. The van der Waals surface area contributed by atoms with Gasteiger partial charge in [-0.3, -0.25) is 4.90 Å². The Morgan fingerprint density at radius 3 is 1.89 bits per heavy atom. The summed E-state index contributed by atoms with van der Waals surface area (Å²) in [6, 6.07) is 0. The number of nitrogens with zero attached hydrogens (tertiary/aromatic N) is 1. The third-order valence-electron chi connectivity index (χ3n) is 2.75. The van der Waals surface area contributed by atoms with Crippen LogP contribution in [-0.2, 0) is 0 Å². The second-order valence-corrected chi connectivity index (χ2v) is 5.24. The van der Waals surface area contributed by atoms with Gasteiger partial charge < -0.3 is 5.11 Å². The first-order valence-corrected chi connectivity index (χ1v) is 7.75. The van der Waals surface area contributed by atoms with Crippen molar-refractivity contribution in [2.45, 2.75) is 45.1 Å². The van der Waals surface area contributed by atoms with Crippen molar-refractivity contribution in [2.75, 3.05) is 31.4 Å². The van der Waals surface area contributed by atoms with Crippen molar-refractivity contribution >= 4 is 35.6 Å². The average molecular weight is 331 g/mol. The summed E-state index contributed by atoms with van der Waals surface area (Å²) >= 11 is 11.4. The minimum Gasteiger partial charge on any atom is -0.378 e. The minimum absolute atomic E-state index is 0. The fourth-order valence-corrected chi connectivity index (χ4v) is 2.38. The lowest BCUT2D eigenvalue weighted by molar-refractivity contribution is 0.0805. The van der Waals surface area contributed by atoms with Crippen molar-refractivity contribution in [3.8, 4) is 11.8 Å². The van der Waals surface area contributed by atoms with Crippen molar-refractivity contribution in [3.63, 3.8) is 0 Å². The van der Waals surface area contributed by atoms with Crippen LogP contribution in [0, 0.1) is 11.8 Å². The second kappa shape index (κ2) is 13.3. The molecule has 0 radical (unpaired) electrons. The summed E-state index contributed by atoms with van der Waals surface area (Å²) < 4.78 is 0. The largest absolute Gasteiger partial charge is 0.378 e. The molecular formula is C14H26Cl3NO. The predicted octanol–water partition coefficient (Wildman–Crippen LogP) is 3.52. The zero-order valence-corrected chi connectivity index (χ0v) is 14.3. The Hall–Kier alpha value is 0.350. The number of alkyl halides is 2. The molecule has 0 aliphatic rings. The molecule has 0 fully saturated rings. The van der Waals surface area contributed by atoms with Gasteiger partial charge in [-0.05, 0) is 12.8 Å². The van der Waals surface area contributed by atoms with Crippen LogP contribution in [0.15, 0.2) is 0 Å². The molecule has 0 aromatic rings. The van der Waals surface area contributed by atoms with Crippen LogP contribution in [0.3, 0.4) is 0 Å². The molecule has 114 valence electrons. The lowest BCUT2D eigenvalue weighted by atomic mass is 9.93. The van der Waals surface area contributed by atoms with E-state index in [-0.39, 0.29) is 12.4 Å². The van der Waals surface area contributed by atoms with Crippen LogP contribution in [0.1, 0.15) is 39.5 Å². The Balaban J connectivity index is 0. The summed E-state index contributed by atoms with van der Waals surface area (Å²) in [5, 5.41) is 10.3. The van der Waals surface area contributed by atoms with E-state index in [2.05, 4.69) is 30.6 Å². The molecule has 0 atom stereocenters. The van der Waals surface area contributed by atoms with Gasteiger partial charge in [0, 0.05) is 24.8 Å². The Morgan fingerprint density at radius 2 is 1.53 bits per heavy atom. The van der Waals surface area contributed by atoms with E-state index in [9.17, 15) is 5.11 Å². The van der Waals surface area contributed by atoms with Crippen LogP contribution in [0.25, 0.3) is 0 Å². The summed E-state index contributed by atoms with van der Waals surface area (Å²) in [5.74, 6) is 7.25. The molecule has 5 heteroatoms. The second-order valence-electron chi connectivity index (χ2n) is 4.49. The van der Waals surface area contributed by atoms with Crippen LogP contribution in [0.4, 0.5) is 0 Å². The number of halogens is 3. The van der Waals surface area contributed by atoms with Crippen molar-refractivity contribution in [1.29, 1.82) is 0 Å². The average Bonchev–Trinajstić information content (AvgIpc) is 2.30. The normalized spacial score (nSPS) is 10.8. The molecule has 0 bridgehead atoms. The molecule has 0 unspecified atom stereocenters. The first-order valence-electron chi connectivity index (χ1n) is 6.68. The molecule has 0 aromatic heterocycles. The van der Waals surface area contributed by atoms with Gasteiger partial charge in [-0.25, -0.2) is 0 Å². The van der Waals surface area contributed by atoms with Gasteiger partial charge in [-0.15, -0.1) is 35.6 Å². The summed E-state index contributed by atoms with van der Waals surface area (Å²) in [7, 11) is 0. The Bertz CT molecular complexity index is 251. The smallest absolute Gasteiger partial charge is 0.125 e. The molecule has 2 nitrogen and oxygen atoms in total. The number of hydrogen-bond acceptors (Lipinski definition) is 2. The highest BCUT2D eigenvalue weighted by molar-refractivity contribution is 6.18. The van der Waals surface area contributed by atoms with Gasteiger partial charge in [-0.2, -0.15) is 0 Å². The summed E-state index contributed by atoms with van der Waals surface area (Å²) in [6.07, 6.45) is 3.36. The van der Waals surface area contributed by atoms with E-state index in [4.69, 9.17) is 23.2 Å². The van der Waals surface area contributed by atoms with E-state index in [1.807, 2.05) is 0 Å². The van der Waals surface area contributed by atoms with Crippen LogP contribution in [-0.4, -0.2) is 47.0 Å². The fraction of sp³-hybridized carbons (Fsp3) is 0.857. The molecule has 1 N–H and O–H groups in total. The maximum atomic E-state index is 10.3. The number of hydrogen-bond donors (Lipinski definition) is 1. The van der Waals surface area contributed by atoms with Gasteiger partial charge in [0.2, 0.25) is 0 Å². The zero-order valence-electron chi connectivity index (χ0n) is 11.9. The van der Waals surface area contributed by atoms with Gasteiger partial charge in [0.15, 0.2) is 0 Å². The van der Waals surface area contributed by atoms with Crippen molar-refractivity contribution in [2.24, 2.45) is 0 Å². The van der Waals surface area contributed by atoms with E-state index in [0.717, 1.165) is 38.8 Å². The minimum atomic E-state index is -0.822. The van der Waals surface area contributed by atoms with Crippen molar-refractivity contribution < 1.29 is 5.11 Å². The molecule has 0 saturated carbocycles. The van der Waals surface area contributed by atoms with Gasteiger partial charge in [0.25, 0.3) is 0 Å². The molecule has 0 amide bonds. The maximum absolute atomic E-state index is 10.3. The quantitative estimate of drug-likeness (QED) is 0.516. The van der Waals surface area contributed by atoms with Crippen LogP contribution >= 0.6 is 35.6 Å². The Labute approximate surface area is 134 Å². The maximum Gasteiger partial charge on any atom is 0.125 e. The third-order valence-corrected chi connectivity index (χ3v) is 3.09. The molecule has 0 saturated heterocycles. The van der Waals surface area contributed by atoms with E-state index in [1.54, 1.807) is 0 Å².